The Morgan fingerprint density at radius 1 is 1.26 bits per heavy atom. The molecule has 0 unspecified atom stereocenters. The van der Waals surface area contributed by atoms with Crippen LogP contribution in [0.15, 0.2) is 16.8 Å². The molecule has 0 saturated carbocycles. The number of piperidine rings is 1. The lowest BCUT2D eigenvalue weighted by Crippen LogP contribution is -2.30. The van der Waals surface area contributed by atoms with Gasteiger partial charge in [0, 0.05) is 19.2 Å². The van der Waals surface area contributed by atoms with Gasteiger partial charge in [-0.2, -0.15) is 10.1 Å². The van der Waals surface area contributed by atoms with E-state index in [1.807, 2.05) is 6.92 Å². The summed E-state index contributed by atoms with van der Waals surface area (Å²) in [7, 11) is 0. The molecule has 19 heavy (non-hydrogen) atoms. The topological polar surface area (TPSA) is 80.0 Å². The van der Waals surface area contributed by atoms with Crippen molar-refractivity contribution in [3.8, 4) is 0 Å². The lowest BCUT2D eigenvalue weighted by Gasteiger charge is -2.27. The summed E-state index contributed by atoms with van der Waals surface area (Å²) in [5.74, 6) is 2.63. The first-order valence-electron chi connectivity index (χ1n) is 6.46. The standard InChI is InChI=1S/C12H16N6O/c1-9-7-10(17-19-9)14-12-15-11(8-13-16-12)18-5-3-2-4-6-18/h7-8H,2-6H2,1H3,(H,14,15,16,17). The summed E-state index contributed by atoms with van der Waals surface area (Å²) in [6.45, 7) is 3.89. The zero-order valence-corrected chi connectivity index (χ0v) is 10.8. The minimum atomic E-state index is 0.441. The third-order valence-corrected chi connectivity index (χ3v) is 3.09. The normalized spacial score (nSPS) is 15.5. The van der Waals surface area contributed by atoms with Crippen molar-refractivity contribution in [1.29, 1.82) is 0 Å². The van der Waals surface area contributed by atoms with Crippen LogP contribution in [0.5, 0.6) is 0 Å². The molecule has 3 rings (SSSR count). The van der Waals surface area contributed by atoms with E-state index in [1.54, 1.807) is 12.3 Å². The molecule has 0 bridgehead atoms. The van der Waals surface area contributed by atoms with Gasteiger partial charge in [0.2, 0.25) is 5.95 Å². The van der Waals surface area contributed by atoms with E-state index in [4.69, 9.17) is 4.52 Å². The maximum Gasteiger partial charge on any atom is 0.250 e. The fourth-order valence-corrected chi connectivity index (χ4v) is 2.16. The van der Waals surface area contributed by atoms with E-state index in [1.165, 1.54) is 19.3 Å². The molecule has 1 fully saturated rings. The molecule has 1 aliphatic heterocycles. The van der Waals surface area contributed by atoms with E-state index >= 15 is 0 Å². The second-order valence-corrected chi connectivity index (χ2v) is 4.63. The van der Waals surface area contributed by atoms with Crippen LogP contribution in [0.1, 0.15) is 25.0 Å². The van der Waals surface area contributed by atoms with Crippen molar-refractivity contribution >= 4 is 17.6 Å². The highest BCUT2D eigenvalue weighted by Crippen LogP contribution is 2.18. The molecule has 1 N–H and O–H groups in total. The first kappa shape index (κ1) is 11.9. The Hall–Kier alpha value is -2.18. The average Bonchev–Trinajstić information content (AvgIpc) is 2.85. The van der Waals surface area contributed by atoms with Gasteiger partial charge in [0.25, 0.3) is 0 Å². The quantitative estimate of drug-likeness (QED) is 0.902. The van der Waals surface area contributed by atoms with E-state index in [9.17, 15) is 0 Å². The van der Waals surface area contributed by atoms with Crippen LogP contribution >= 0.6 is 0 Å². The molecule has 1 saturated heterocycles. The van der Waals surface area contributed by atoms with Crippen molar-refractivity contribution in [2.45, 2.75) is 26.2 Å². The lowest BCUT2D eigenvalue weighted by atomic mass is 10.1. The fourth-order valence-electron chi connectivity index (χ4n) is 2.16. The summed E-state index contributed by atoms with van der Waals surface area (Å²) >= 11 is 0. The monoisotopic (exact) mass is 260 g/mol. The van der Waals surface area contributed by atoms with Gasteiger partial charge in [-0.05, 0) is 26.2 Å². The summed E-state index contributed by atoms with van der Waals surface area (Å²) in [5, 5.41) is 14.8. The highest BCUT2D eigenvalue weighted by molar-refractivity contribution is 5.49. The molecule has 7 nitrogen and oxygen atoms in total. The molecule has 0 radical (unpaired) electrons. The van der Waals surface area contributed by atoms with Gasteiger partial charge in [0.15, 0.2) is 11.6 Å². The third-order valence-electron chi connectivity index (χ3n) is 3.09. The van der Waals surface area contributed by atoms with Crippen molar-refractivity contribution in [3.63, 3.8) is 0 Å². The third kappa shape index (κ3) is 2.81. The lowest BCUT2D eigenvalue weighted by molar-refractivity contribution is 0.400. The first-order valence-corrected chi connectivity index (χ1v) is 6.46. The number of hydrogen-bond donors (Lipinski definition) is 1. The van der Waals surface area contributed by atoms with Crippen LogP contribution < -0.4 is 10.2 Å². The van der Waals surface area contributed by atoms with E-state index in [0.29, 0.717) is 11.8 Å². The number of nitrogens with zero attached hydrogens (tertiary/aromatic N) is 5. The molecule has 0 amide bonds. The van der Waals surface area contributed by atoms with Gasteiger partial charge in [0.05, 0.1) is 6.20 Å². The predicted molar refractivity (Wildman–Crippen MR) is 70.4 cm³/mol. The van der Waals surface area contributed by atoms with Crippen molar-refractivity contribution in [2.75, 3.05) is 23.3 Å². The van der Waals surface area contributed by atoms with Crippen molar-refractivity contribution in [3.05, 3.63) is 18.0 Å². The summed E-state index contributed by atoms with van der Waals surface area (Å²) in [5.41, 5.74) is 0. The summed E-state index contributed by atoms with van der Waals surface area (Å²) in [6, 6.07) is 1.79. The second kappa shape index (κ2) is 5.21. The molecule has 0 atom stereocenters. The first-order chi connectivity index (χ1) is 9.31. The molecular weight excluding hydrogens is 244 g/mol. The minimum Gasteiger partial charge on any atom is -0.360 e. The van der Waals surface area contributed by atoms with Gasteiger partial charge in [-0.3, -0.25) is 0 Å². The van der Waals surface area contributed by atoms with Crippen LogP contribution in [0.2, 0.25) is 0 Å². The average molecular weight is 260 g/mol. The smallest absolute Gasteiger partial charge is 0.250 e. The van der Waals surface area contributed by atoms with Crippen LogP contribution in [0.25, 0.3) is 0 Å². The van der Waals surface area contributed by atoms with Gasteiger partial charge in [-0.1, -0.05) is 5.16 Å². The van der Waals surface area contributed by atoms with Gasteiger partial charge in [-0.15, -0.1) is 5.10 Å². The zero-order chi connectivity index (χ0) is 13.1. The maximum absolute atomic E-state index is 4.98. The molecule has 0 aromatic carbocycles. The highest BCUT2D eigenvalue weighted by atomic mass is 16.5. The number of aromatic nitrogens is 4. The van der Waals surface area contributed by atoms with E-state index in [0.717, 1.165) is 24.7 Å². The number of rotatable bonds is 3. The van der Waals surface area contributed by atoms with Crippen molar-refractivity contribution in [1.82, 2.24) is 20.3 Å². The van der Waals surface area contributed by atoms with Crippen molar-refractivity contribution < 1.29 is 4.52 Å². The summed E-state index contributed by atoms with van der Waals surface area (Å²) in [6.07, 6.45) is 5.40. The predicted octanol–water partition coefficient (Wildman–Crippen LogP) is 1.90. The Balaban J connectivity index is 1.75. The molecule has 7 heteroatoms. The number of aryl methyl sites for hydroxylation is 1. The van der Waals surface area contributed by atoms with Crippen molar-refractivity contribution in [2.24, 2.45) is 0 Å². The Bertz CT molecular complexity index is 549. The minimum absolute atomic E-state index is 0.441. The van der Waals surface area contributed by atoms with Gasteiger partial charge in [-0.25, -0.2) is 0 Å². The summed E-state index contributed by atoms with van der Waals surface area (Å²) in [4.78, 5) is 6.69. The number of anilines is 3. The largest absolute Gasteiger partial charge is 0.360 e. The Morgan fingerprint density at radius 2 is 2.11 bits per heavy atom. The molecular formula is C12H16N6O. The highest BCUT2D eigenvalue weighted by Gasteiger charge is 2.13. The molecule has 100 valence electrons. The van der Waals surface area contributed by atoms with Gasteiger partial charge in [0.1, 0.15) is 5.76 Å². The van der Waals surface area contributed by atoms with Crippen LogP contribution in [0.3, 0.4) is 0 Å². The van der Waals surface area contributed by atoms with Gasteiger partial charge >= 0.3 is 0 Å². The fraction of sp³-hybridized carbons (Fsp3) is 0.500. The maximum atomic E-state index is 4.98. The van der Waals surface area contributed by atoms with Gasteiger partial charge < -0.3 is 14.7 Å². The van der Waals surface area contributed by atoms with Crippen LogP contribution in [0, 0.1) is 6.92 Å². The van der Waals surface area contributed by atoms with E-state index in [-0.39, 0.29) is 0 Å². The van der Waals surface area contributed by atoms with Crippen LogP contribution in [-0.2, 0) is 0 Å². The SMILES string of the molecule is Cc1cc(Nc2nncc(N3CCCCC3)n2)no1. The molecule has 2 aromatic heterocycles. The number of hydrogen-bond acceptors (Lipinski definition) is 7. The Labute approximate surface area is 111 Å². The van der Waals surface area contributed by atoms with E-state index in [2.05, 4.69) is 30.6 Å². The Morgan fingerprint density at radius 3 is 2.84 bits per heavy atom. The molecule has 2 aromatic rings. The molecule has 0 aliphatic carbocycles. The van der Waals surface area contributed by atoms with Crippen LogP contribution in [-0.4, -0.2) is 33.4 Å². The Kier molecular flexibility index (Phi) is 3.26. The van der Waals surface area contributed by atoms with E-state index < -0.39 is 0 Å². The zero-order valence-electron chi connectivity index (χ0n) is 10.8. The second-order valence-electron chi connectivity index (χ2n) is 4.63. The molecule has 0 spiro atoms. The summed E-state index contributed by atoms with van der Waals surface area (Å²) < 4.78 is 4.98. The molecule has 1 aliphatic rings. The molecule has 3 heterocycles. The number of nitrogens with one attached hydrogen (secondary N) is 1. The van der Waals surface area contributed by atoms with Crippen LogP contribution in [0.4, 0.5) is 17.6 Å².